The molecule has 0 amide bonds. The summed E-state index contributed by atoms with van der Waals surface area (Å²) in [5, 5.41) is 4.06. The molecule has 16 heavy (non-hydrogen) atoms. The third-order valence-electron chi connectivity index (χ3n) is 2.29. The summed E-state index contributed by atoms with van der Waals surface area (Å²) < 4.78 is 6.63. The van der Waals surface area contributed by atoms with Crippen LogP contribution in [0.4, 0.5) is 0 Å². The fraction of sp³-hybridized carbons (Fsp3) is 0.364. The van der Waals surface area contributed by atoms with Crippen LogP contribution in [0.5, 0.6) is 0 Å². The topological polar surface area (TPSA) is 60.9 Å². The average Bonchev–Trinajstić information content (AvgIpc) is 2.67. The highest BCUT2D eigenvalue weighted by atomic mass is 16.4. The maximum Gasteiger partial charge on any atom is 0.267 e. The molecule has 2 heterocycles. The Balaban J connectivity index is 2.25. The van der Waals surface area contributed by atoms with E-state index in [1.165, 1.54) is 4.68 Å². The molecule has 0 radical (unpaired) electrons. The Labute approximate surface area is 92.7 Å². The molecule has 0 atom stereocenters. The quantitative estimate of drug-likeness (QED) is 0.777. The third kappa shape index (κ3) is 2.18. The first-order valence-electron chi connectivity index (χ1n) is 5.16. The summed E-state index contributed by atoms with van der Waals surface area (Å²) >= 11 is 0. The first kappa shape index (κ1) is 10.6. The van der Waals surface area contributed by atoms with Crippen LogP contribution in [-0.2, 0) is 13.0 Å². The van der Waals surface area contributed by atoms with Gasteiger partial charge in [-0.2, -0.15) is 5.10 Å². The first-order chi connectivity index (χ1) is 7.69. The maximum absolute atomic E-state index is 11.6. The molecule has 0 saturated carbocycles. The SMILES string of the molecule is CCc1cnn(Cc2ncc(C)o2)c(=O)c1. The van der Waals surface area contributed by atoms with Crippen molar-refractivity contribution in [1.82, 2.24) is 14.8 Å². The molecule has 5 nitrogen and oxygen atoms in total. The van der Waals surface area contributed by atoms with Crippen LogP contribution < -0.4 is 5.56 Å². The minimum Gasteiger partial charge on any atom is -0.444 e. The second-order valence-corrected chi connectivity index (χ2v) is 3.58. The zero-order chi connectivity index (χ0) is 11.5. The van der Waals surface area contributed by atoms with Crippen LogP contribution in [-0.4, -0.2) is 14.8 Å². The maximum atomic E-state index is 11.6. The van der Waals surface area contributed by atoms with Crippen LogP contribution in [0.2, 0.25) is 0 Å². The van der Waals surface area contributed by atoms with Crippen molar-refractivity contribution < 1.29 is 4.42 Å². The Hall–Kier alpha value is -1.91. The fourth-order valence-corrected chi connectivity index (χ4v) is 1.39. The number of nitrogens with zero attached hydrogens (tertiary/aromatic N) is 3. The highest BCUT2D eigenvalue weighted by Gasteiger charge is 2.04. The molecule has 0 bridgehead atoms. The van der Waals surface area contributed by atoms with Gasteiger partial charge in [-0.15, -0.1) is 0 Å². The predicted octanol–water partition coefficient (Wildman–Crippen LogP) is 1.15. The molecule has 0 aliphatic rings. The fourth-order valence-electron chi connectivity index (χ4n) is 1.39. The first-order valence-corrected chi connectivity index (χ1v) is 5.16. The van der Waals surface area contributed by atoms with E-state index >= 15 is 0 Å². The van der Waals surface area contributed by atoms with Crippen LogP contribution in [0.1, 0.15) is 24.1 Å². The van der Waals surface area contributed by atoms with Crippen LogP contribution in [0, 0.1) is 6.92 Å². The van der Waals surface area contributed by atoms with Crippen LogP contribution >= 0.6 is 0 Å². The molecule has 2 aromatic heterocycles. The van der Waals surface area contributed by atoms with E-state index in [0.29, 0.717) is 5.89 Å². The summed E-state index contributed by atoms with van der Waals surface area (Å²) in [7, 11) is 0. The monoisotopic (exact) mass is 219 g/mol. The molecular formula is C11H13N3O2. The summed E-state index contributed by atoms with van der Waals surface area (Å²) in [5.41, 5.74) is 0.806. The van der Waals surface area contributed by atoms with Gasteiger partial charge in [0.05, 0.1) is 12.4 Å². The summed E-state index contributed by atoms with van der Waals surface area (Å²) in [5.74, 6) is 1.23. The number of aryl methyl sites for hydroxylation is 2. The molecule has 0 unspecified atom stereocenters. The van der Waals surface area contributed by atoms with Crippen molar-refractivity contribution in [3.8, 4) is 0 Å². The lowest BCUT2D eigenvalue weighted by atomic mass is 10.2. The normalized spacial score (nSPS) is 10.6. The van der Waals surface area contributed by atoms with E-state index in [0.717, 1.165) is 17.7 Å². The second-order valence-electron chi connectivity index (χ2n) is 3.58. The average molecular weight is 219 g/mol. The minimum absolute atomic E-state index is 0.129. The Morgan fingerprint density at radius 1 is 1.44 bits per heavy atom. The van der Waals surface area contributed by atoms with Gasteiger partial charge >= 0.3 is 0 Å². The lowest BCUT2D eigenvalue weighted by Crippen LogP contribution is -2.23. The van der Waals surface area contributed by atoms with Gasteiger partial charge in [-0.3, -0.25) is 4.79 Å². The van der Waals surface area contributed by atoms with E-state index in [1.54, 1.807) is 18.5 Å². The number of aromatic nitrogens is 3. The Kier molecular flexibility index (Phi) is 2.85. The molecule has 84 valence electrons. The molecule has 0 aliphatic carbocycles. The van der Waals surface area contributed by atoms with Crippen molar-refractivity contribution in [2.24, 2.45) is 0 Å². The molecule has 2 aromatic rings. The van der Waals surface area contributed by atoms with Gasteiger partial charge in [0.25, 0.3) is 5.56 Å². The van der Waals surface area contributed by atoms with Gasteiger partial charge in [-0.25, -0.2) is 9.67 Å². The highest BCUT2D eigenvalue weighted by Crippen LogP contribution is 2.02. The number of oxazole rings is 1. The molecule has 0 aromatic carbocycles. The van der Waals surface area contributed by atoms with Gasteiger partial charge in [-0.05, 0) is 18.9 Å². The zero-order valence-electron chi connectivity index (χ0n) is 9.30. The van der Waals surface area contributed by atoms with Gasteiger partial charge in [0, 0.05) is 6.07 Å². The van der Waals surface area contributed by atoms with Crippen molar-refractivity contribution in [3.63, 3.8) is 0 Å². The van der Waals surface area contributed by atoms with E-state index < -0.39 is 0 Å². The Morgan fingerprint density at radius 2 is 2.25 bits per heavy atom. The standard InChI is InChI=1S/C11H13N3O2/c1-3-9-4-11(15)14(13-6-9)7-10-12-5-8(2)16-10/h4-6H,3,7H2,1-2H3. The smallest absolute Gasteiger partial charge is 0.267 e. The van der Waals surface area contributed by atoms with Crippen molar-refractivity contribution in [2.45, 2.75) is 26.8 Å². The predicted molar refractivity (Wildman–Crippen MR) is 58.2 cm³/mol. The van der Waals surface area contributed by atoms with Gasteiger partial charge in [-0.1, -0.05) is 6.92 Å². The molecule has 0 N–H and O–H groups in total. The van der Waals surface area contributed by atoms with Crippen LogP contribution in [0.25, 0.3) is 0 Å². The van der Waals surface area contributed by atoms with Gasteiger partial charge in [0.1, 0.15) is 12.3 Å². The molecule has 5 heteroatoms. The molecule has 2 rings (SSSR count). The summed E-state index contributed by atoms with van der Waals surface area (Å²) in [6, 6.07) is 1.59. The molecule has 0 fully saturated rings. The largest absolute Gasteiger partial charge is 0.444 e. The van der Waals surface area contributed by atoms with Crippen molar-refractivity contribution in [1.29, 1.82) is 0 Å². The Bertz CT molecular complexity index is 542. The number of hydrogen-bond acceptors (Lipinski definition) is 4. The lowest BCUT2D eigenvalue weighted by Gasteiger charge is -2.01. The van der Waals surface area contributed by atoms with Crippen molar-refractivity contribution in [2.75, 3.05) is 0 Å². The summed E-state index contributed by atoms with van der Waals surface area (Å²) in [6.07, 6.45) is 4.12. The molecular weight excluding hydrogens is 206 g/mol. The van der Waals surface area contributed by atoms with Crippen molar-refractivity contribution >= 4 is 0 Å². The molecule has 0 saturated heterocycles. The van der Waals surface area contributed by atoms with E-state index in [4.69, 9.17) is 4.42 Å². The van der Waals surface area contributed by atoms with Crippen LogP contribution in [0.3, 0.4) is 0 Å². The lowest BCUT2D eigenvalue weighted by molar-refractivity contribution is 0.439. The van der Waals surface area contributed by atoms with Gasteiger partial charge in [0.2, 0.25) is 5.89 Å². The Morgan fingerprint density at radius 3 is 2.81 bits per heavy atom. The number of hydrogen-bond donors (Lipinski definition) is 0. The number of rotatable bonds is 3. The summed E-state index contributed by atoms with van der Waals surface area (Å²) in [6.45, 7) is 4.07. The third-order valence-corrected chi connectivity index (χ3v) is 2.29. The second kappa shape index (κ2) is 4.30. The van der Waals surface area contributed by atoms with Gasteiger partial charge < -0.3 is 4.42 Å². The summed E-state index contributed by atoms with van der Waals surface area (Å²) in [4.78, 5) is 15.7. The van der Waals surface area contributed by atoms with E-state index in [1.807, 2.05) is 13.8 Å². The van der Waals surface area contributed by atoms with Crippen LogP contribution in [0.15, 0.2) is 27.7 Å². The van der Waals surface area contributed by atoms with E-state index in [-0.39, 0.29) is 12.1 Å². The van der Waals surface area contributed by atoms with E-state index in [9.17, 15) is 4.79 Å². The highest BCUT2D eigenvalue weighted by molar-refractivity contribution is 5.05. The van der Waals surface area contributed by atoms with Gasteiger partial charge in [0.15, 0.2) is 0 Å². The molecule has 0 aliphatic heterocycles. The van der Waals surface area contributed by atoms with E-state index in [2.05, 4.69) is 10.1 Å². The van der Waals surface area contributed by atoms with Crippen molar-refractivity contribution in [3.05, 3.63) is 46.0 Å². The molecule has 0 spiro atoms. The minimum atomic E-state index is -0.129. The zero-order valence-corrected chi connectivity index (χ0v) is 9.30.